The SMILES string of the molecule is COC(=O)c1cccc(C(O)c2cc(Cl)ccc2C)c1. The lowest BCUT2D eigenvalue weighted by molar-refractivity contribution is 0.0600. The summed E-state index contributed by atoms with van der Waals surface area (Å²) in [6.07, 6.45) is -0.835. The Morgan fingerprint density at radius 3 is 2.70 bits per heavy atom. The first kappa shape index (κ1) is 14.6. The third kappa shape index (κ3) is 3.00. The molecule has 0 amide bonds. The van der Waals surface area contributed by atoms with Gasteiger partial charge in [0.2, 0.25) is 0 Å². The van der Waals surface area contributed by atoms with Crippen molar-refractivity contribution in [2.24, 2.45) is 0 Å². The van der Waals surface area contributed by atoms with Crippen LogP contribution in [0.15, 0.2) is 42.5 Å². The number of carbonyl (C=O) groups excluding carboxylic acids is 1. The zero-order valence-electron chi connectivity index (χ0n) is 11.3. The van der Waals surface area contributed by atoms with Crippen LogP contribution in [0.2, 0.25) is 5.02 Å². The molecule has 0 radical (unpaired) electrons. The Labute approximate surface area is 122 Å². The third-order valence-electron chi connectivity index (χ3n) is 3.16. The summed E-state index contributed by atoms with van der Waals surface area (Å²) in [5.41, 5.74) is 2.69. The maximum absolute atomic E-state index is 11.5. The van der Waals surface area contributed by atoms with Crippen molar-refractivity contribution in [2.75, 3.05) is 7.11 Å². The molecule has 1 unspecified atom stereocenters. The van der Waals surface area contributed by atoms with Gasteiger partial charge in [-0.2, -0.15) is 0 Å². The first-order chi connectivity index (χ1) is 9.52. The van der Waals surface area contributed by atoms with Gasteiger partial charge in [-0.1, -0.05) is 29.8 Å². The van der Waals surface area contributed by atoms with Crippen LogP contribution >= 0.6 is 11.6 Å². The van der Waals surface area contributed by atoms with Crippen molar-refractivity contribution in [3.05, 3.63) is 69.7 Å². The summed E-state index contributed by atoms with van der Waals surface area (Å²) in [5.74, 6) is -0.429. The number of halogens is 1. The fraction of sp³-hybridized carbons (Fsp3) is 0.188. The molecule has 0 aliphatic carbocycles. The Balaban J connectivity index is 2.40. The summed E-state index contributed by atoms with van der Waals surface area (Å²) >= 11 is 5.97. The summed E-state index contributed by atoms with van der Waals surface area (Å²) < 4.78 is 4.68. The predicted molar refractivity (Wildman–Crippen MR) is 78.0 cm³/mol. The van der Waals surface area contributed by atoms with Crippen molar-refractivity contribution >= 4 is 17.6 Å². The average molecular weight is 291 g/mol. The molecule has 0 spiro atoms. The highest BCUT2D eigenvalue weighted by Gasteiger charge is 2.15. The molecule has 0 aliphatic rings. The quantitative estimate of drug-likeness (QED) is 0.880. The lowest BCUT2D eigenvalue weighted by Gasteiger charge is -2.15. The molecule has 0 saturated heterocycles. The predicted octanol–water partition coefficient (Wildman–Crippen LogP) is 3.52. The van der Waals surface area contributed by atoms with Crippen molar-refractivity contribution in [2.45, 2.75) is 13.0 Å². The highest BCUT2D eigenvalue weighted by Crippen LogP contribution is 2.27. The van der Waals surface area contributed by atoms with Crippen molar-refractivity contribution in [1.29, 1.82) is 0 Å². The molecule has 0 heterocycles. The molecule has 0 bridgehead atoms. The van der Waals surface area contributed by atoms with E-state index in [1.165, 1.54) is 7.11 Å². The van der Waals surface area contributed by atoms with Gasteiger partial charge in [0.05, 0.1) is 12.7 Å². The molecule has 20 heavy (non-hydrogen) atoms. The monoisotopic (exact) mass is 290 g/mol. The third-order valence-corrected chi connectivity index (χ3v) is 3.39. The first-order valence-corrected chi connectivity index (χ1v) is 6.53. The van der Waals surface area contributed by atoms with Crippen LogP contribution in [0.1, 0.15) is 33.2 Å². The Bertz CT molecular complexity index is 637. The van der Waals surface area contributed by atoms with E-state index in [1.807, 2.05) is 13.0 Å². The van der Waals surface area contributed by atoms with Crippen molar-refractivity contribution in [3.63, 3.8) is 0 Å². The second-order valence-electron chi connectivity index (χ2n) is 4.52. The fourth-order valence-electron chi connectivity index (χ4n) is 2.04. The average Bonchev–Trinajstić information content (AvgIpc) is 2.48. The molecular formula is C16H15ClO3. The molecular weight excluding hydrogens is 276 g/mol. The van der Waals surface area contributed by atoms with E-state index in [0.29, 0.717) is 16.1 Å². The zero-order valence-corrected chi connectivity index (χ0v) is 12.0. The molecule has 4 heteroatoms. The summed E-state index contributed by atoms with van der Waals surface area (Å²) in [6.45, 7) is 1.90. The van der Waals surface area contributed by atoms with Crippen LogP contribution in [-0.4, -0.2) is 18.2 Å². The standard InChI is InChI=1S/C16H15ClO3/c1-10-6-7-13(17)9-14(10)15(18)11-4-3-5-12(8-11)16(19)20-2/h3-9,15,18H,1-2H3. The minimum absolute atomic E-state index is 0.406. The summed E-state index contributed by atoms with van der Waals surface area (Å²) in [5, 5.41) is 11.0. The Morgan fingerprint density at radius 1 is 1.25 bits per heavy atom. The van der Waals surface area contributed by atoms with Crippen molar-refractivity contribution in [3.8, 4) is 0 Å². The van der Waals surface area contributed by atoms with Gasteiger partial charge in [-0.3, -0.25) is 0 Å². The molecule has 1 N–H and O–H groups in total. The topological polar surface area (TPSA) is 46.5 Å². The number of esters is 1. The van der Waals surface area contributed by atoms with E-state index in [4.69, 9.17) is 11.6 Å². The van der Waals surface area contributed by atoms with Gasteiger partial charge in [0.1, 0.15) is 6.10 Å². The summed E-state index contributed by atoms with van der Waals surface area (Å²) in [4.78, 5) is 11.5. The molecule has 2 rings (SSSR count). The molecule has 0 aliphatic heterocycles. The van der Waals surface area contributed by atoms with Gasteiger partial charge < -0.3 is 9.84 Å². The summed E-state index contributed by atoms with van der Waals surface area (Å²) in [6, 6.07) is 12.1. The molecule has 1 atom stereocenters. The number of hydrogen-bond donors (Lipinski definition) is 1. The maximum Gasteiger partial charge on any atom is 0.337 e. The van der Waals surface area contributed by atoms with Gasteiger partial charge >= 0.3 is 5.97 Å². The Hall–Kier alpha value is -1.84. The second kappa shape index (κ2) is 6.07. The number of aliphatic hydroxyl groups excluding tert-OH is 1. The highest BCUT2D eigenvalue weighted by molar-refractivity contribution is 6.30. The van der Waals surface area contributed by atoms with Crippen LogP contribution in [0.4, 0.5) is 0 Å². The lowest BCUT2D eigenvalue weighted by atomic mass is 9.96. The number of ether oxygens (including phenoxy) is 1. The number of methoxy groups -OCH3 is 1. The minimum atomic E-state index is -0.835. The molecule has 0 saturated carbocycles. The first-order valence-electron chi connectivity index (χ1n) is 6.15. The normalized spacial score (nSPS) is 12.0. The molecule has 0 aromatic heterocycles. The molecule has 2 aromatic carbocycles. The van der Waals surface area contributed by atoms with E-state index < -0.39 is 12.1 Å². The van der Waals surface area contributed by atoms with E-state index in [2.05, 4.69) is 4.74 Å². The van der Waals surface area contributed by atoms with Gasteiger partial charge in [0.25, 0.3) is 0 Å². The van der Waals surface area contributed by atoms with Crippen LogP contribution in [0.3, 0.4) is 0 Å². The van der Waals surface area contributed by atoms with E-state index in [0.717, 1.165) is 11.1 Å². The van der Waals surface area contributed by atoms with Gasteiger partial charge in [-0.05, 0) is 47.9 Å². The van der Waals surface area contributed by atoms with E-state index in [1.54, 1.807) is 36.4 Å². The minimum Gasteiger partial charge on any atom is -0.465 e. The lowest BCUT2D eigenvalue weighted by Crippen LogP contribution is -2.06. The molecule has 3 nitrogen and oxygen atoms in total. The number of hydrogen-bond acceptors (Lipinski definition) is 3. The maximum atomic E-state index is 11.5. The van der Waals surface area contributed by atoms with Crippen LogP contribution in [0.5, 0.6) is 0 Å². The van der Waals surface area contributed by atoms with Crippen molar-refractivity contribution in [1.82, 2.24) is 0 Å². The number of rotatable bonds is 3. The van der Waals surface area contributed by atoms with Crippen LogP contribution in [0, 0.1) is 6.92 Å². The van der Waals surface area contributed by atoms with Gasteiger partial charge in [-0.25, -0.2) is 4.79 Å². The van der Waals surface area contributed by atoms with Crippen molar-refractivity contribution < 1.29 is 14.6 Å². The number of benzene rings is 2. The number of carbonyl (C=O) groups is 1. The van der Waals surface area contributed by atoms with Crippen LogP contribution in [0.25, 0.3) is 0 Å². The number of aliphatic hydroxyl groups is 1. The largest absolute Gasteiger partial charge is 0.465 e. The van der Waals surface area contributed by atoms with Gasteiger partial charge in [-0.15, -0.1) is 0 Å². The van der Waals surface area contributed by atoms with E-state index in [9.17, 15) is 9.90 Å². The highest BCUT2D eigenvalue weighted by atomic mass is 35.5. The van der Waals surface area contributed by atoms with Crippen LogP contribution < -0.4 is 0 Å². The zero-order chi connectivity index (χ0) is 14.7. The molecule has 104 valence electrons. The Morgan fingerprint density at radius 2 is 2.00 bits per heavy atom. The molecule has 2 aromatic rings. The number of aryl methyl sites for hydroxylation is 1. The molecule has 0 fully saturated rings. The second-order valence-corrected chi connectivity index (χ2v) is 4.96. The van der Waals surface area contributed by atoms with E-state index >= 15 is 0 Å². The summed E-state index contributed by atoms with van der Waals surface area (Å²) in [7, 11) is 1.33. The Kier molecular flexibility index (Phi) is 4.42. The van der Waals surface area contributed by atoms with Crippen LogP contribution in [-0.2, 0) is 4.74 Å². The van der Waals surface area contributed by atoms with Gasteiger partial charge in [0.15, 0.2) is 0 Å². The fourth-order valence-corrected chi connectivity index (χ4v) is 2.22. The smallest absolute Gasteiger partial charge is 0.337 e. The van der Waals surface area contributed by atoms with E-state index in [-0.39, 0.29) is 0 Å². The van der Waals surface area contributed by atoms with Gasteiger partial charge in [0, 0.05) is 5.02 Å².